The first kappa shape index (κ1) is 41.5. The second kappa shape index (κ2) is 17.8. The van der Waals surface area contributed by atoms with Crippen LogP contribution in [0.1, 0.15) is 55.5 Å². The molecule has 0 bridgehead atoms. The number of ether oxygens (including phenoxy) is 4. The molecule has 5 unspecified atom stereocenters. The molecule has 1 aliphatic rings. The van der Waals surface area contributed by atoms with E-state index in [1.54, 1.807) is 32.0 Å². The van der Waals surface area contributed by atoms with Gasteiger partial charge in [-0.1, -0.05) is 75.4 Å². The highest BCUT2D eigenvalue weighted by atomic mass is 32.1. The van der Waals surface area contributed by atoms with Gasteiger partial charge in [-0.05, 0) is 71.3 Å². The minimum absolute atomic E-state index is 0.0251. The number of methoxy groups -OCH3 is 2. The van der Waals surface area contributed by atoms with Crippen LogP contribution in [-0.4, -0.2) is 63.6 Å². The Morgan fingerprint density at radius 1 is 0.926 bits per heavy atom. The molecule has 1 fully saturated rings. The molecule has 1 aliphatic heterocycles. The van der Waals surface area contributed by atoms with E-state index in [0.717, 1.165) is 16.7 Å². The zero-order valence-corrected chi connectivity index (χ0v) is 34.9. The minimum Gasteiger partial charge on any atom is -0.497 e. The number of nitrogens with zero attached hydrogens (tertiary/aromatic N) is 2. The van der Waals surface area contributed by atoms with Crippen molar-refractivity contribution < 1.29 is 32.4 Å². The molecule has 3 aromatic carbocycles. The second-order valence-electron chi connectivity index (χ2n) is 14.6. The van der Waals surface area contributed by atoms with Gasteiger partial charge in [0.15, 0.2) is 22.1 Å². The number of aryl methyl sites for hydroxylation is 1. The Morgan fingerprint density at radius 2 is 1.50 bits per heavy atom. The number of aromatic amines is 1. The fraction of sp³-hybridized carbons (Fsp3) is 0.425. The Bertz CT molecular complexity index is 1950. The highest BCUT2D eigenvalue weighted by Gasteiger charge is 2.53. The zero-order valence-electron chi connectivity index (χ0n) is 32.1. The molecule has 0 aliphatic carbocycles. The van der Waals surface area contributed by atoms with E-state index >= 15 is 0 Å². The summed E-state index contributed by atoms with van der Waals surface area (Å²) in [6.45, 7) is 11.0. The van der Waals surface area contributed by atoms with Crippen LogP contribution >= 0.6 is 21.3 Å². The molecule has 11 nitrogen and oxygen atoms in total. The van der Waals surface area contributed by atoms with Crippen molar-refractivity contribution in [3.8, 4) is 17.6 Å². The Balaban J connectivity index is 1.65. The summed E-state index contributed by atoms with van der Waals surface area (Å²) in [6, 6.07) is 27.7. The van der Waals surface area contributed by atoms with Crippen LogP contribution in [0, 0.1) is 16.1 Å². The normalized spacial score (nSPS) is 19.2. The van der Waals surface area contributed by atoms with Gasteiger partial charge in [0, 0.05) is 13.2 Å². The van der Waals surface area contributed by atoms with Gasteiger partial charge in [-0.25, -0.2) is 0 Å². The van der Waals surface area contributed by atoms with Crippen LogP contribution in [0.2, 0.25) is 18.1 Å². The predicted molar refractivity (Wildman–Crippen MR) is 214 cm³/mol. The number of nitrogens with one attached hydrogen (secondary N) is 1. The van der Waals surface area contributed by atoms with Gasteiger partial charge in [0.25, 0.3) is 5.56 Å². The molecule has 2 heterocycles. The molecule has 14 heteroatoms. The molecule has 54 heavy (non-hydrogen) atoms. The first-order chi connectivity index (χ1) is 25.7. The maximum absolute atomic E-state index is 13.6. The number of aromatic nitrogens is 2. The summed E-state index contributed by atoms with van der Waals surface area (Å²) in [4.78, 5) is 16.4. The van der Waals surface area contributed by atoms with Crippen LogP contribution in [0.5, 0.6) is 11.5 Å². The number of rotatable bonds is 16. The third-order valence-electron chi connectivity index (χ3n) is 10.2. The quantitative estimate of drug-likeness (QED) is 0.0391. The maximum atomic E-state index is 13.6. The van der Waals surface area contributed by atoms with Crippen molar-refractivity contribution in [1.29, 1.82) is 5.26 Å². The molecule has 5 rings (SSSR count). The molecule has 1 aromatic heterocycles. The Kier molecular flexibility index (Phi) is 13.7. The highest BCUT2D eigenvalue weighted by Crippen LogP contribution is 2.47. The lowest BCUT2D eigenvalue weighted by atomic mass is 9.80. The molecule has 0 spiro atoms. The third-order valence-corrected chi connectivity index (χ3v) is 15.7. The van der Waals surface area contributed by atoms with Crippen molar-refractivity contribution in [3.05, 3.63) is 122 Å². The molecule has 1 N–H and O–H groups in total. The number of nitriles is 1. The monoisotopic (exact) mass is 791 g/mol. The van der Waals surface area contributed by atoms with Crippen molar-refractivity contribution in [2.75, 3.05) is 27.4 Å². The number of benzene rings is 3. The van der Waals surface area contributed by atoms with Gasteiger partial charge in [0.1, 0.15) is 41.5 Å². The lowest BCUT2D eigenvalue weighted by molar-refractivity contribution is -0.0793. The van der Waals surface area contributed by atoms with Gasteiger partial charge in [0.05, 0.1) is 45.5 Å². The first-order valence-electron chi connectivity index (χ1n) is 17.8. The van der Waals surface area contributed by atoms with E-state index in [4.69, 9.17) is 49.9 Å². The standard InChI is InChI=1S/C40H50N3O8PSSi/c1-39(2,3)54(7,8)51-36-34(32-25-43(4)38(53)42-37(32)44)49-33(35(36)50-52-48-24-12-23-41)26-47-40(27-13-10-9-11-14-27,28-15-19-30(45-5)20-16-28)29-17-21-31(46-6)22-18-29/h9-11,13-22,25,33-36,52H,12,24,26H2,1-8H3,(H,42,44,53). The van der Waals surface area contributed by atoms with E-state index in [9.17, 15) is 4.79 Å². The Hall–Kier alpha value is -3.70. The largest absolute Gasteiger partial charge is 0.497 e. The summed E-state index contributed by atoms with van der Waals surface area (Å²) in [5.74, 6) is 1.41. The van der Waals surface area contributed by atoms with E-state index in [2.05, 4.69) is 44.9 Å². The molecule has 1 saturated heterocycles. The van der Waals surface area contributed by atoms with Crippen LogP contribution in [0.3, 0.4) is 0 Å². The van der Waals surface area contributed by atoms with E-state index in [1.807, 2.05) is 78.9 Å². The smallest absolute Gasteiger partial charge is 0.257 e. The highest BCUT2D eigenvalue weighted by molar-refractivity contribution is 7.71. The summed E-state index contributed by atoms with van der Waals surface area (Å²) in [5.41, 5.74) is 1.45. The Labute approximate surface area is 325 Å². The van der Waals surface area contributed by atoms with Gasteiger partial charge in [-0.2, -0.15) is 5.26 Å². The summed E-state index contributed by atoms with van der Waals surface area (Å²) in [5, 5.41) is 8.93. The van der Waals surface area contributed by atoms with Crippen LogP contribution in [-0.2, 0) is 35.6 Å². The van der Waals surface area contributed by atoms with Crippen LogP contribution in [0.4, 0.5) is 0 Å². The molecule has 4 aromatic rings. The van der Waals surface area contributed by atoms with E-state index in [1.165, 1.54) is 0 Å². The summed E-state index contributed by atoms with van der Waals surface area (Å²) in [6.07, 6.45) is -1.08. The SMILES string of the molecule is COc1ccc(C(OCC2OC(c3cn(C)c(=S)[nH]c3=O)C(O[Si](C)(C)C(C)(C)C)C2OPOCCC#N)(c2ccccc2)c2ccc(OC)cc2)cc1. The fourth-order valence-corrected chi connectivity index (χ4v) is 8.28. The second-order valence-corrected chi connectivity index (χ2v) is 20.5. The van der Waals surface area contributed by atoms with Crippen molar-refractivity contribution >= 4 is 29.6 Å². The van der Waals surface area contributed by atoms with Crippen LogP contribution < -0.4 is 15.0 Å². The molecule has 0 saturated carbocycles. The van der Waals surface area contributed by atoms with Crippen LogP contribution in [0.25, 0.3) is 0 Å². The van der Waals surface area contributed by atoms with Crippen molar-refractivity contribution in [1.82, 2.24) is 9.55 Å². The average molecular weight is 792 g/mol. The molecular weight excluding hydrogens is 742 g/mol. The van der Waals surface area contributed by atoms with Crippen molar-refractivity contribution in [3.63, 3.8) is 0 Å². The van der Waals surface area contributed by atoms with Gasteiger partial charge < -0.3 is 37.0 Å². The lowest BCUT2D eigenvalue weighted by Crippen LogP contribution is -2.49. The number of hydrogen-bond donors (Lipinski definition) is 1. The van der Waals surface area contributed by atoms with Gasteiger partial charge >= 0.3 is 0 Å². The zero-order chi connectivity index (χ0) is 39.1. The van der Waals surface area contributed by atoms with Gasteiger partial charge in [-0.3, -0.25) is 9.78 Å². The molecule has 5 atom stereocenters. The summed E-state index contributed by atoms with van der Waals surface area (Å²) < 4.78 is 46.6. The van der Waals surface area contributed by atoms with E-state index in [0.29, 0.717) is 17.1 Å². The molecule has 288 valence electrons. The van der Waals surface area contributed by atoms with Crippen molar-refractivity contribution in [2.24, 2.45) is 7.05 Å². The van der Waals surface area contributed by atoms with E-state index < -0.39 is 47.4 Å². The average Bonchev–Trinajstić information content (AvgIpc) is 3.49. The van der Waals surface area contributed by atoms with Gasteiger partial charge in [0.2, 0.25) is 0 Å². The molecular formula is C40H50N3O8PSSi. The summed E-state index contributed by atoms with van der Waals surface area (Å²) >= 11 is 5.38. The maximum Gasteiger partial charge on any atom is 0.257 e. The van der Waals surface area contributed by atoms with Crippen molar-refractivity contribution in [2.45, 2.75) is 75.3 Å². The molecule has 0 amide bonds. The van der Waals surface area contributed by atoms with Gasteiger partial charge in [-0.15, -0.1) is 0 Å². The van der Waals surface area contributed by atoms with E-state index in [-0.39, 0.29) is 35.0 Å². The Morgan fingerprint density at radius 3 is 2.04 bits per heavy atom. The third kappa shape index (κ3) is 9.04. The minimum atomic E-state index is -2.50. The molecule has 0 radical (unpaired) electrons. The number of hydrogen-bond acceptors (Lipinski definition) is 10. The number of H-pyrrole nitrogens is 1. The lowest BCUT2D eigenvalue weighted by Gasteiger charge is -2.40. The topological polar surface area (TPSA) is 126 Å². The predicted octanol–water partition coefficient (Wildman–Crippen LogP) is 8.12. The van der Waals surface area contributed by atoms with Crippen LogP contribution in [0.15, 0.2) is 89.9 Å². The summed E-state index contributed by atoms with van der Waals surface area (Å²) in [7, 11) is 2.12. The first-order valence-corrected chi connectivity index (χ1v) is 21.9. The fourth-order valence-electron chi connectivity index (χ4n) is 6.20.